The molecule has 0 aromatic heterocycles. The van der Waals surface area contributed by atoms with Crippen molar-refractivity contribution in [2.45, 2.75) is 45.8 Å². The van der Waals surface area contributed by atoms with E-state index in [-0.39, 0.29) is 11.9 Å². The van der Waals surface area contributed by atoms with E-state index in [1.165, 1.54) is 0 Å². The highest BCUT2D eigenvalue weighted by atomic mass is 35.5. The molecule has 1 aromatic rings. The molecule has 0 fully saturated rings. The summed E-state index contributed by atoms with van der Waals surface area (Å²) in [7, 11) is 0. The first-order valence-electron chi connectivity index (χ1n) is 6.26. The van der Waals surface area contributed by atoms with E-state index in [4.69, 9.17) is 16.3 Å². The summed E-state index contributed by atoms with van der Waals surface area (Å²) < 4.78 is 5.54. The first-order chi connectivity index (χ1) is 8.54. The second-order valence-corrected chi connectivity index (χ2v) is 4.80. The summed E-state index contributed by atoms with van der Waals surface area (Å²) in [5.74, 6) is 0.417. The standard InChI is InChI=1S/C14H20ClNO2/c1-4-7-10(2)16-14(17)11(3)18-13-9-6-5-8-12(13)15/h5-6,8-11H,4,7H2,1-3H3,(H,16,17). The van der Waals surface area contributed by atoms with Gasteiger partial charge in [0.25, 0.3) is 5.91 Å². The molecule has 1 rings (SSSR count). The summed E-state index contributed by atoms with van der Waals surface area (Å²) in [6.07, 6.45) is 1.45. The molecule has 1 N–H and O–H groups in total. The smallest absolute Gasteiger partial charge is 0.260 e. The van der Waals surface area contributed by atoms with Crippen molar-refractivity contribution >= 4 is 17.5 Å². The number of carbonyl (C=O) groups is 1. The van der Waals surface area contributed by atoms with Crippen LogP contribution in [0.2, 0.25) is 5.02 Å². The van der Waals surface area contributed by atoms with Crippen molar-refractivity contribution in [2.75, 3.05) is 0 Å². The van der Waals surface area contributed by atoms with Gasteiger partial charge in [-0.15, -0.1) is 0 Å². The van der Waals surface area contributed by atoms with Crippen molar-refractivity contribution < 1.29 is 9.53 Å². The topological polar surface area (TPSA) is 38.3 Å². The van der Waals surface area contributed by atoms with Gasteiger partial charge in [-0.25, -0.2) is 0 Å². The van der Waals surface area contributed by atoms with Gasteiger partial charge in [0, 0.05) is 6.04 Å². The average Bonchev–Trinajstić information content (AvgIpc) is 2.32. The number of hydrogen-bond acceptors (Lipinski definition) is 2. The van der Waals surface area contributed by atoms with Crippen LogP contribution in [0, 0.1) is 0 Å². The Bertz CT molecular complexity index is 395. The van der Waals surface area contributed by atoms with Crippen LogP contribution in [0.4, 0.5) is 0 Å². The van der Waals surface area contributed by atoms with Crippen LogP contribution in [0.5, 0.6) is 5.75 Å². The Morgan fingerprint density at radius 1 is 1.39 bits per heavy atom. The Hall–Kier alpha value is -1.22. The van der Waals surface area contributed by atoms with Crippen molar-refractivity contribution in [3.8, 4) is 5.75 Å². The van der Waals surface area contributed by atoms with Crippen molar-refractivity contribution in [3.05, 3.63) is 29.3 Å². The maximum Gasteiger partial charge on any atom is 0.260 e. The van der Waals surface area contributed by atoms with Gasteiger partial charge in [0.15, 0.2) is 6.10 Å². The Morgan fingerprint density at radius 3 is 2.67 bits per heavy atom. The molecule has 0 heterocycles. The van der Waals surface area contributed by atoms with Crippen molar-refractivity contribution in [1.29, 1.82) is 0 Å². The van der Waals surface area contributed by atoms with E-state index in [2.05, 4.69) is 12.2 Å². The van der Waals surface area contributed by atoms with Gasteiger partial charge in [-0.2, -0.15) is 0 Å². The first kappa shape index (κ1) is 14.8. The molecule has 0 saturated carbocycles. The lowest BCUT2D eigenvalue weighted by molar-refractivity contribution is -0.127. The number of benzene rings is 1. The van der Waals surface area contributed by atoms with Crippen LogP contribution in [0.25, 0.3) is 0 Å². The van der Waals surface area contributed by atoms with E-state index in [1.807, 2.05) is 19.1 Å². The Kier molecular flexibility index (Phi) is 5.99. The summed E-state index contributed by atoms with van der Waals surface area (Å²) in [4.78, 5) is 11.9. The maximum absolute atomic E-state index is 11.9. The molecule has 1 amide bonds. The molecule has 0 bridgehead atoms. The molecular weight excluding hydrogens is 250 g/mol. The maximum atomic E-state index is 11.9. The highest BCUT2D eigenvalue weighted by Crippen LogP contribution is 2.24. The minimum Gasteiger partial charge on any atom is -0.479 e. The second kappa shape index (κ2) is 7.27. The van der Waals surface area contributed by atoms with Crippen LogP contribution in [0.3, 0.4) is 0 Å². The minimum absolute atomic E-state index is 0.115. The van der Waals surface area contributed by atoms with E-state index in [1.54, 1.807) is 19.1 Å². The molecular formula is C14H20ClNO2. The molecule has 0 aliphatic carbocycles. The zero-order valence-electron chi connectivity index (χ0n) is 11.1. The lowest BCUT2D eigenvalue weighted by atomic mass is 10.2. The minimum atomic E-state index is -0.552. The number of rotatable bonds is 6. The lowest BCUT2D eigenvalue weighted by Gasteiger charge is -2.18. The van der Waals surface area contributed by atoms with Crippen LogP contribution in [-0.4, -0.2) is 18.1 Å². The summed E-state index contributed by atoms with van der Waals surface area (Å²) in [6, 6.07) is 7.30. The van der Waals surface area contributed by atoms with Crippen molar-refractivity contribution in [3.63, 3.8) is 0 Å². The zero-order valence-corrected chi connectivity index (χ0v) is 11.8. The van der Waals surface area contributed by atoms with Gasteiger partial charge in [0.2, 0.25) is 0 Å². The molecule has 2 unspecified atom stereocenters. The van der Waals surface area contributed by atoms with E-state index in [9.17, 15) is 4.79 Å². The van der Waals surface area contributed by atoms with E-state index in [0.29, 0.717) is 10.8 Å². The quantitative estimate of drug-likeness (QED) is 0.859. The lowest BCUT2D eigenvalue weighted by Crippen LogP contribution is -2.41. The summed E-state index contributed by atoms with van der Waals surface area (Å²) in [5.41, 5.74) is 0. The molecule has 3 nitrogen and oxygen atoms in total. The van der Waals surface area contributed by atoms with Crippen LogP contribution in [0.1, 0.15) is 33.6 Å². The number of amides is 1. The fourth-order valence-electron chi connectivity index (χ4n) is 1.65. The van der Waals surface area contributed by atoms with Crippen LogP contribution < -0.4 is 10.1 Å². The fraction of sp³-hybridized carbons (Fsp3) is 0.500. The summed E-state index contributed by atoms with van der Waals surface area (Å²) in [6.45, 7) is 5.80. The van der Waals surface area contributed by atoms with E-state index in [0.717, 1.165) is 12.8 Å². The number of nitrogens with one attached hydrogen (secondary N) is 1. The van der Waals surface area contributed by atoms with Crippen LogP contribution >= 0.6 is 11.6 Å². The normalized spacial score (nSPS) is 13.8. The van der Waals surface area contributed by atoms with Gasteiger partial charge in [-0.3, -0.25) is 4.79 Å². The molecule has 4 heteroatoms. The SMILES string of the molecule is CCCC(C)NC(=O)C(C)Oc1ccccc1Cl. The van der Waals surface area contributed by atoms with Gasteiger partial charge in [-0.1, -0.05) is 37.1 Å². The van der Waals surface area contributed by atoms with E-state index >= 15 is 0 Å². The monoisotopic (exact) mass is 269 g/mol. The number of halogens is 1. The molecule has 0 saturated heterocycles. The van der Waals surface area contributed by atoms with Crippen molar-refractivity contribution in [2.24, 2.45) is 0 Å². The number of hydrogen-bond donors (Lipinski definition) is 1. The van der Waals surface area contributed by atoms with Crippen LogP contribution in [-0.2, 0) is 4.79 Å². The molecule has 100 valence electrons. The fourth-order valence-corrected chi connectivity index (χ4v) is 1.83. The predicted octanol–water partition coefficient (Wildman–Crippen LogP) is 3.41. The molecule has 1 aromatic carbocycles. The third-order valence-electron chi connectivity index (χ3n) is 2.62. The second-order valence-electron chi connectivity index (χ2n) is 4.39. The molecule has 0 radical (unpaired) electrons. The van der Waals surface area contributed by atoms with Gasteiger partial charge in [0.05, 0.1) is 5.02 Å². The molecule has 18 heavy (non-hydrogen) atoms. The Labute approximate surface area is 113 Å². The van der Waals surface area contributed by atoms with Gasteiger partial charge >= 0.3 is 0 Å². The first-order valence-corrected chi connectivity index (χ1v) is 6.64. The third-order valence-corrected chi connectivity index (χ3v) is 2.93. The molecule has 0 aliphatic heterocycles. The largest absolute Gasteiger partial charge is 0.479 e. The van der Waals surface area contributed by atoms with Crippen LogP contribution in [0.15, 0.2) is 24.3 Å². The van der Waals surface area contributed by atoms with Gasteiger partial charge < -0.3 is 10.1 Å². The summed E-state index contributed by atoms with van der Waals surface area (Å²) >= 11 is 5.97. The Morgan fingerprint density at radius 2 is 2.06 bits per heavy atom. The van der Waals surface area contributed by atoms with Gasteiger partial charge in [-0.05, 0) is 32.4 Å². The molecule has 0 aliphatic rings. The third kappa shape index (κ3) is 4.57. The van der Waals surface area contributed by atoms with Gasteiger partial charge in [0.1, 0.15) is 5.75 Å². The van der Waals surface area contributed by atoms with E-state index < -0.39 is 6.10 Å². The summed E-state index contributed by atoms with van der Waals surface area (Å²) in [5, 5.41) is 3.43. The number of para-hydroxylation sites is 1. The van der Waals surface area contributed by atoms with Crippen molar-refractivity contribution in [1.82, 2.24) is 5.32 Å². The number of ether oxygens (including phenoxy) is 1. The highest BCUT2D eigenvalue weighted by Gasteiger charge is 2.17. The number of carbonyl (C=O) groups excluding carboxylic acids is 1. The highest BCUT2D eigenvalue weighted by molar-refractivity contribution is 6.32. The zero-order chi connectivity index (χ0) is 13.5. The molecule has 2 atom stereocenters. The Balaban J connectivity index is 2.52. The average molecular weight is 270 g/mol. The molecule has 0 spiro atoms. The predicted molar refractivity (Wildman–Crippen MR) is 74.1 cm³/mol.